The highest BCUT2D eigenvalue weighted by Crippen LogP contribution is 2.11. The van der Waals surface area contributed by atoms with Gasteiger partial charge in [0, 0.05) is 5.56 Å². The highest BCUT2D eigenvalue weighted by atomic mass is 16.5. The smallest absolute Gasteiger partial charge is 0.337 e. The van der Waals surface area contributed by atoms with Gasteiger partial charge in [0.05, 0.1) is 12.7 Å². The van der Waals surface area contributed by atoms with Crippen LogP contribution >= 0.6 is 0 Å². The molecule has 0 radical (unpaired) electrons. The molecule has 1 aromatic rings. The molecule has 0 spiro atoms. The second-order valence-electron chi connectivity index (χ2n) is 4.33. The Labute approximate surface area is 101 Å². The van der Waals surface area contributed by atoms with Gasteiger partial charge in [-0.05, 0) is 44.5 Å². The summed E-state index contributed by atoms with van der Waals surface area (Å²) in [6, 6.07) is 5.13. The molecule has 0 aliphatic rings. The molecule has 0 saturated heterocycles. The van der Waals surface area contributed by atoms with Gasteiger partial charge in [0.15, 0.2) is 0 Å². The first-order chi connectivity index (χ1) is 7.83. The third-order valence-corrected chi connectivity index (χ3v) is 2.15. The quantitative estimate of drug-likeness (QED) is 0.594. The van der Waals surface area contributed by atoms with Gasteiger partial charge in [-0.2, -0.15) is 0 Å². The molecule has 1 rings (SSSR count). The van der Waals surface area contributed by atoms with Gasteiger partial charge in [-0.15, -0.1) is 0 Å². The van der Waals surface area contributed by atoms with E-state index in [9.17, 15) is 9.90 Å². The zero-order valence-corrected chi connectivity index (χ0v) is 10.5. The van der Waals surface area contributed by atoms with Crippen LogP contribution in [0.25, 0.3) is 0 Å². The van der Waals surface area contributed by atoms with Crippen molar-refractivity contribution in [1.29, 1.82) is 0 Å². The van der Waals surface area contributed by atoms with Gasteiger partial charge in [0.25, 0.3) is 0 Å². The molecular weight excluding hydrogens is 216 g/mol. The highest BCUT2D eigenvalue weighted by Gasteiger charge is 2.08. The maximum Gasteiger partial charge on any atom is 0.337 e. The van der Waals surface area contributed by atoms with Crippen molar-refractivity contribution in [3.05, 3.63) is 34.9 Å². The van der Waals surface area contributed by atoms with Crippen LogP contribution in [0.1, 0.15) is 35.3 Å². The van der Waals surface area contributed by atoms with Crippen molar-refractivity contribution in [1.82, 2.24) is 0 Å². The number of methoxy groups -OCH3 is 1. The minimum absolute atomic E-state index is 0.366. The molecule has 0 unspecified atom stereocenters. The molecule has 1 aromatic carbocycles. The zero-order chi connectivity index (χ0) is 13.1. The Kier molecular flexibility index (Phi) is 3.93. The number of ether oxygens (including phenoxy) is 1. The summed E-state index contributed by atoms with van der Waals surface area (Å²) in [6.07, 6.45) is 0. The topological polar surface area (TPSA) is 46.5 Å². The third kappa shape index (κ3) is 3.93. The fourth-order valence-electron chi connectivity index (χ4n) is 1.27. The number of benzene rings is 1. The number of aryl methyl sites for hydroxylation is 1. The lowest BCUT2D eigenvalue weighted by Gasteiger charge is -2.07. The molecule has 0 aliphatic carbocycles. The fourth-order valence-corrected chi connectivity index (χ4v) is 1.27. The molecule has 0 heterocycles. The van der Waals surface area contributed by atoms with Gasteiger partial charge in [-0.3, -0.25) is 0 Å². The van der Waals surface area contributed by atoms with E-state index in [2.05, 4.69) is 16.6 Å². The number of hydrogen-bond acceptors (Lipinski definition) is 3. The van der Waals surface area contributed by atoms with Gasteiger partial charge >= 0.3 is 5.97 Å². The predicted octanol–water partition coefficient (Wildman–Crippen LogP) is 1.90. The minimum atomic E-state index is -1.02. The second-order valence-corrected chi connectivity index (χ2v) is 4.33. The third-order valence-electron chi connectivity index (χ3n) is 2.15. The van der Waals surface area contributed by atoms with E-state index in [1.807, 2.05) is 6.92 Å². The molecule has 90 valence electrons. The largest absolute Gasteiger partial charge is 0.465 e. The molecule has 0 amide bonds. The molecule has 3 nitrogen and oxygen atoms in total. The van der Waals surface area contributed by atoms with Crippen molar-refractivity contribution in [2.24, 2.45) is 0 Å². The molecule has 0 fully saturated rings. The maximum atomic E-state index is 11.3. The molecule has 0 bridgehead atoms. The fraction of sp³-hybridized carbons (Fsp3) is 0.357. The summed E-state index contributed by atoms with van der Waals surface area (Å²) in [7, 11) is 1.35. The van der Waals surface area contributed by atoms with Crippen molar-refractivity contribution in [3.8, 4) is 11.8 Å². The number of carbonyl (C=O) groups is 1. The van der Waals surface area contributed by atoms with Crippen molar-refractivity contribution in [2.45, 2.75) is 26.4 Å². The molecule has 0 saturated carbocycles. The van der Waals surface area contributed by atoms with E-state index in [1.54, 1.807) is 32.0 Å². The molecule has 0 aromatic heterocycles. The summed E-state index contributed by atoms with van der Waals surface area (Å²) in [5.74, 6) is 5.25. The van der Waals surface area contributed by atoms with Gasteiger partial charge in [-0.25, -0.2) is 4.79 Å². The van der Waals surface area contributed by atoms with E-state index < -0.39 is 5.60 Å². The van der Waals surface area contributed by atoms with Crippen LogP contribution in [0.2, 0.25) is 0 Å². The molecule has 3 heteroatoms. The Hall–Kier alpha value is -1.79. The van der Waals surface area contributed by atoms with Crippen LogP contribution in [0.3, 0.4) is 0 Å². The number of hydrogen-bond donors (Lipinski definition) is 1. The number of esters is 1. The first kappa shape index (κ1) is 13.3. The Balaban J connectivity index is 3.05. The highest BCUT2D eigenvalue weighted by molar-refractivity contribution is 5.89. The Bertz CT molecular complexity index is 484. The normalized spacial score (nSPS) is 10.4. The zero-order valence-electron chi connectivity index (χ0n) is 10.5. The molecule has 0 aliphatic heterocycles. The lowest BCUT2D eigenvalue weighted by molar-refractivity contribution is 0.0600. The lowest BCUT2D eigenvalue weighted by atomic mass is 10.0. The Morgan fingerprint density at radius 1 is 1.41 bits per heavy atom. The van der Waals surface area contributed by atoms with Gasteiger partial charge < -0.3 is 9.84 Å². The summed E-state index contributed by atoms with van der Waals surface area (Å²) >= 11 is 0. The average molecular weight is 232 g/mol. The van der Waals surface area contributed by atoms with Gasteiger partial charge in [0.2, 0.25) is 0 Å². The van der Waals surface area contributed by atoms with Crippen LogP contribution in [0.15, 0.2) is 18.2 Å². The summed E-state index contributed by atoms with van der Waals surface area (Å²) in [6.45, 7) is 5.11. The van der Waals surface area contributed by atoms with Gasteiger partial charge in [0.1, 0.15) is 5.60 Å². The van der Waals surface area contributed by atoms with Crippen LogP contribution in [0.4, 0.5) is 0 Å². The summed E-state index contributed by atoms with van der Waals surface area (Å²) in [5, 5.41) is 9.50. The van der Waals surface area contributed by atoms with E-state index in [0.717, 1.165) is 11.1 Å². The van der Waals surface area contributed by atoms with Crippen molar-refractivity contribution in [2.75, 3.05) is 7.11 Å². The predicted molar refractivity (Wildman–Crippen MR) is 65.7 cm³/mol. The standard InChI is InChI=1S/C14H16O3/c1-10-9-12(13(15)17-4)6-5-11(10)7-8-14(2,3)16/h5-6,9,16H,1-4H3. The van der Waals surface area contributed by atoms with E-state index in [-0.39, 0.29) is 5.97 Å². The number of carbonyl (C=O) groups excluding carboxylic acids is 1. The second kappa shape index (κ2) is 5.03. The first-order valence-corrected chi connectivity index (χ1v) is 5.28. The van der Waals surface area contributed by atoms with Gasteiger partial charge in [-0.1, -0.05) is 11.8 Å². The van der Waals surface area contributed by atoms with Crippen LogP contribution in [0.5, 0.6) is 0 Å². The maximum absolute atomic E-state index is 11.3. The van der Waals surface area contributed by atoms with Crippen molar-refractivity contribution >= 4 is 5.97 Å². The molecule has 17 heavy (non-hydrogen) atoms. The van der Waals surface area contributed by atoms with Crippen molar-refractivity contribution < 1.29 is 14.6 Å². The van der Waals surface area contributed by atoms with Crippen LogP contribution < -0.4 is 0 Å². The molecule has 0 atom stereocenters. The van der Waals surface area contributed by atoms with E-state index in [1.165, 1.54) is 7.11 Å². The van der Waals surface area contributed by atoms with E-state index in [0.29, 0.717) is 5.56 Å². The molecular formula is C14H16O3. The van der Waals surface area contributed by atoms with Crippen LogP contribution in [-0.2, 0) is 4.74 Å². The summed E-state index contributed by atoms with van der Waals surface area (Å²) in [4.78, 5) is 11.3. The lowest BCUT2D eigenvalue weighted by Crippen LogP contribution is -2.14. The van der Waals surface area contributed by atoms with Crippen LogP contribution in [0, 0.1) is 18.8 Å². The summed E-state index contributed by atoms with van der Waals surface area (Å²) in [5.41, 5.74) is 1.15. The Morgan fingerprint density at radius 3 is 2.53 bits per heavy atom. The van der Waals surface area contributed by atoms with Crippen molar-refractivity contribution in [3.63, 3.8) is 0 Å². The Morgan fingerprint density at radius 2 is 2.06 bits per heavy atom. The molecule has 1 N–H and O–H groups in total. The first-order valence-electron chi connectivity index (χ1n) is 5.28. The monoisotopic (exact) mass is 232 g/mol. The minimum Gasteiger partial charge on any atom is -0.465 e. The SMILES string of the molecule is COC(=O)c1ccc(C#CC(C)(C)O)c(C)c1. The summed E-state index contributed by atoms with van der Waals surface area (Å²) < 4.78 is 4.63. The van der Waals surface area contributed by atoms with E-state index in [4.69, 9.17) is 0 Å². The number of rotatable bonds is 1. The average Bonchev–Trinajstić information content (AvgIpc) is 2.25. The van der Waals surface area contributed by atoms with E-state index >= 15 is 0 Å². The number of aliphatic hydroxyl groups is 1. The van der Waals surface area contributed by atoms with Crippen LogP contribution in [-0.4, -0.2) is 23.8 Å².